The van der Waals surface area contributed by atoms with Crippen LogP contribution in [0.2, 0.25) is 0 Å². The second-order valence-corrected chi connectivity index (χ2v) is 5.50. The van der Waals surface area contributed by atoms with Crippen LogP contribution in [-0.2, 0) is 5.41 Å². The van der Waals surface area contributed by atoms with E-state index in [-0.39, 0.29) is 5.41 Å². The van der Waals surface area contributed by atoms with Gasteiger partial charge in [-0.1, -0.05) is 40.0 Å². The molecule has 0 aromatic carbocycles. The van der Waals surface area contributed by atoms with Gasteiger partial charge >= 0.3 is 0 Å². The molecule has 0 fully saturated rings. The number of rotatable bonds is 6. The molecule has 0 N–H and O–H groups in total. The summed E-state index contributed by atoms with van der Waals surface area (Å²) in [7, 11) is 4.02. The van der Waals surface area contributed by atoms with Gasteiger partial charge in [-0.2, -0.15) is 0 Å². The first-order valence-electron chi connectivity index (χ1n) is 6.47. The standard InChI is InChI=1S/C14H25N3/c1-6-7-8-9-14(2,3)12-10-13(17(4)5)16-11-15-12/h10-11H,6-9H2,1-5H3. The summed E-state index contributed by atoms with van der Waals surface area (Å²) in [6.07, 6.45) is 6.69. The molecule has 1 aromatic heterocycles. The first kappa shape index (κ1) is 13.9. The molecular weight excluding hydrogens is 210 g/mol. The summed E-state index contributed by atoms with van der Waals surface area (Å²) in [6.45, 7) is 6.77. The van der Waals surface area contributed by atoms with Crippen molar-refractivity contribution in [1.82, 2.24) is 9.97 Å². The highest BCUT2D eigenvalue weighted by Gasteiger charge is 2.22. The van der Waals surface area contributed by atoms with Crippen molar-refractivity contribution in [3.63, 3.8) is 0 Å². The van der Waals surface area contributed by atoms with Crippen LogP contribution in [0.3, 0.4) is 0 Å². The highest BCUT2D eigenvalue weighted by atomic mass is 15.1. The predicted molar refractivity (Wildman–Crippen MR) is 73.5 cm³/mol. The quantitative estimate of drug-likeness (QED) is 0.708. The molecule has 0 saturated carbocycles. The lowest BCUT2D eigenvalue weighted by Crippen LogP contribution is -2.20. The molecule has 0 atom stereocenters. The zero-order valence-electron chi connectivity index (χ0n) is 11.8. The van der Waals surface area contributed by atoms with E-state index < -0.39 is 0 Å². The molecule has 0 amide bonds. The summed E-state index contributed by atoms with van der Waals surface area (Å²) in [4.78, 5) is 10.7. The highest BCUT2D eigenvalue weighted by Crippen LogP contribution is 2.28. The molecule has 96 valence electrons. The van der Waals surface area contributed by atoms with Crippen LogP contribution in [0.25, 0.3) is 0 Å². The lowest BCUT2D eigenvalue weighted by Gasteiger charge is -2.25. The Bertz CT molecular complexity index is 345. The number of hydrogen-bond donors (Lipinski definition) is 0. The number of aromatic nitrogens is 2. The summed E-state index contributed by atoms with van der Waals surface area (Å²) in [6, 6.07) is 2.10. The minimum atomic E-state index is 0.142. The van der Waals surface area contributed by atoms with Crippen molar-refractivity contribution in [2.45, 2.75) is 51.9 Å². The maximum absolute atomic E-state index is 4.43. The molecule has 17 heavy (non-hydrogen) atoms. The second-order valence-electron chi connectivity index (χ2n) is 5.50. The van der Waals surface area contributed by atoms with Crippen molar-refractivity contribution in [2.24, 2.45) is 0 Å². The zero-order valence-corrected chi connectivity index (χ0v) is 11.8. The Hall–Kier alpha value is -1.12. The Morgan fingerprint density at radius 1 is 1.18 bits per heavy atom. The molecule has 0 aliphatic heterocycles. The lowest BCUT2D eigenvalue weighted by atomic mass is 9.83. The van der Waals surface area contributed by atoms with Gasteiger partial charge in [0.05, 0.1) is 5.69 Å². The van der Waals surface area contributed by atoms with E-state index in [1.54, 1.807) is 6.33 Å². The average Bonchev–Trinajstić information content (AvgIpc) is 2.29. The van der Waals surface area contributed by atoms with Crippen molar-refractivity contribution >= 4 is 5.82 Å². The van der Waals surface area contributed by atoms with E-state index in [2.05, 4.69) is 36.8 Å². The SMILES string of the molecule is CCCCCC(C)(C)c1cc(N(C)C)ncn1. The molecule has 0 aliphatic carbocycles. The molecular formula is C14H25N3. The molecule has 3 heteroatoms. The van der Waals surface area contributed by atoms with E-state index >= 15 is 0 Å². The van der Waals surface area contributed by atoms with Crippen molar-refractivity contribution in [1.29, 1.82) is 0 Å². The van der Waals surface area contributed by atoms with E-state index in [0.717, 1.165) is 11.5 Å². The van der Waals surface area contributed by atoms with Gasteiger partial charge in [-0.3, -0.25) is 0 Å². The third-order valence-corrected chi connectivity index (χ3v) is 3.21. The fraction of sp³-hybridized carbons (Fsp3) is 0.714. The Kier molecular flexibility index (Phi) is 4.91. The summed E-state index contributed by atoms with van der Waals surface area (Å²) < 4.78 is 0. The molecule has 0 saturated heterocycles. The minimum absolute atomic E-state index is 0.142. The maximum atomic E-state index is 4.43. The van der Waals surface area contributed by atoms with Gasteiger partial charge < -0.3 is 4.90 Å². The topological polar surface area (TPSA) is 29.0 Å². The van der Waals surface area contributed by atoms with Gasteiger partial charge in [0.15, 0.2) is 0 Å². The predicted octanol–water partition coefficient (Wildman–Crippen LogP) is 3.40. The fourth-order valence-corrected chi connectivity index (χ4v) is 1.91. The first-order chi connectivity index (χ1) is 7.97. The van der Waals surface area contributed by atoms with E-state index in [1.807, 2.05) is 19.0 Å². The monoisotopic (exact) mass is 235 g/mol. The van der Waals surface area contributed by atoms with Crippen LogP contribution in [0.4, 0.5) is 5.82 Å². The van der Waals surface area contributed by atoms with Crippen LogP contribution in [0.1, 0.15) is 52.1 Å². The lowest BCUT2D eigenvalue weighted by molar-refractivity contribution is 0.438. The van der Waals surface area contributed by atoms with Crippen LogP contribution >= 0.6 is 0 Å². The van der Waals surface area contributed by atoms with Crippen molar-refractivity contribution < 1.29 is 0 Å². The van der Waals surface area contributed by atoms with E-state index in [9.17, 15) is 0 Å². The van der Waals surface area contributed by atoms with Crippen LogP contribution in [0.15, 0.2) is 12.4 Å². The molecule has 0 radical (unpaired) electrons. The number of nitrogens with zero attached hydrogens (tertiary/aromatic N) is 3. The smallest absolute Gasteiger partial charge is 0.131 e. The summed E-state index contributed by atoms with van der Waals surface area (Å²) in [5, 5.41) is 0. The molecule has 1 aromatic rings. The van der Waals surface area contributed by atoms with Crippen molar-refractivity contribution in [2.75, 3.05) is 19.0 Å². The van der Waals surface area contributed by atoms with Crippen LogP contribution in [0, 0.1) is 0 Å². The summed E-state index contributed by atoms with van der Waals surface area (Å²) in [5.74, 6) is 0.985. The van der Waals surface area contributed by atoms with Crippen LogP contribution in [-0.4, -0.2) is 24.1 Å². The van der Waals surface area contributed by atoms with Crippen molar-refractivity contribution in [3.8, 4) is 0 Å². The van der Waals surface area contributed by atoms with Gasteiger partial charge in [-0.05, 0) is 6.42 Å². The maximum Gasteiger partial charge on any atom is 0.131 e. The summed E-state index contributed by atoms with van der Waals surface area (Å²) in [5.41, 5.74) is 1.29. The molecule has 0 bridgehead atoms. The molecule has 0 unspecified atom stereocenters. The number of unbranched alkanes of at least 4 members (excludes halogenated alkanes) is 2. The fourth-order valence-electron chi connectivity index (χ4n) is 1.91. The van der Waals surface area contributed by atoms with E-state index in [4.69, 9.17) is 0 Å². The molecule has 3 nitrogen and oxygen atoms in total. The zero-order chi connectivity index (χ0) is 12.9. The van der Waals surface area contributed by atoms with Gasteiger partial charge in [-0.15, -0.1) is 0 Å². The van der Waals surface area contributed by atoms with Crippen molar-refractivity contribution in [3.05, 3.63) is 18.1 Å². The van der Waals surface area contributed by atoms with Gasteiger partial charge in [0.2, 0.25) is 0 Å². The second kappa shape index (κ2) is 5.99. The third-order valence-electron chi connectivity index (χ3n) is 3.21. The highest BCUT2D eigenvalue weighted by molar-refractivity contribution is 5.38. The van der Waals surface area contributed by atoms with Gasteiger partial charge in [0.1, 0.15) is 12.1 Å². The molecule has 1 rings (SSSR count). The molecule has 0 aliphatic rings. The molecule has 0 spiro atoms. The van der Waals surface area contributed by atoms with Gasteiger partial charge in [-0.25, -0.2) is 9.97 Å². The molecule has 1 heterocycles. The van der Waals surface area contributed by atoms with Gasteiger partial charge in [0, 0.05) is 25.6 Å². The average molecular weight is 235 g/mol. The van der Waals surface area contributed by atoms with Crippen LogP contribution < -0.4 is 4.90 Å². The van der Waals surface area contributed by atoms with E-state index in [1.165, 1.54) is 25.7 Å². The normalized spacial score (nSPS) is 11.6. The third kappa shape index (κ3) is 3.99. The van der Waals surface area contributed by atoms with E-state index in [0.29, 0.717) is 0 Å². The first-order valence-corrected chi connectivity index (χ1v) is 6.47. The Labute approximate surface area is 105 Å². The largest absolute Gasteiger partial charge is 0.363 e. The Morgan fingerprint density at radius 3 is 2.47 bits per heavy atom. The Morgan fingerprint density at radius 2 is 1.88 bits per heavy atom. The number of hydrogen-bond acceptors (Lipinski definition) is 3. The number of anilines is 1. The summed E-state index contributed by atoms with van der Waals surface area (Å²) >= 11 is 0. The van der Waals surface area contributed by atoms with Crippen LogP contribution in [0.5, 0.6) is 0 Å². The minimum Gasteiger partial charge on any atom is -0.363 e. The van der Waals surface area contributed by atoms with Gasteiger partial charge in [0.25, 0.3) is 0 Å². The Balaban J connectivity index is 2.79.